The van der Waals surface area contributed by atoms with Crippen molar-refractivity contribution >= 4 is 15.8 Å². The summed E-state index contributed by atoms with van der Waals surface area (Å²) in [5.74, 6) is 0.420. The molecule has 0 spiro atoms. The number of anilines is 1. The van der Waals surface area contributed by atoms with Gasteiger partial charge in [-0.1, -0.05) is 6.07 Å². The number of hydrogen-bond acceptors (Lipinski definition) is 3. The van der Waals surface area contributed by atoms with Crippen molar-refractivity contribution in [3.63, 3.8) is 0 Å². The van der Waals surface area contributed by atoms with Crippen LogP contribution in [0.3, 0.4) is 0 Å². The number of pyridine rings is 1. The first-order chi connectivity index (χ1) is 5.64. The first-order valence-corrected chi connectivity index (χ1v) is 5.21. The molecule has 0 aromatic carbocycles. The van der Waals surface area contributed by atoms with Gasteiger partial charge >= 0.3 is 0 Å². The standard InChI is InChI=1S/C7H10N2O2S/c1-2-12(10,11)9-7-5-3-4-6-8-7/h3-6H,2H2,1H3,(H,8,9). The number of nitrogens with zero attached hydrogens (tertiary/aromatic N) is 1. The van der Waals surface area contributed by atoms with Crippen LogP contribution in [0.5, 0.6) is 0 Å². The number of nitrogens with one attached hydrogen (secondary N) is 1. The molecule has 1 aromatic heterocycles. The zero-order valence-electron chi connectivity index (χ0n) is 6.69. The van der Waals surface area contributed by atoms with Gasteiger partial charge in [0.05, 0.1) is 5.75 Å². The molecule has 66 valence electrons. The van der Waals surface area contributed by atoms with E-state index in [-0.39, 0.29) is 5.75 Å². The van der Waals surface area contributed by atoms with E-state index < -0.39 is 10.0 Å². The Balaban J connectivity index is 2.78. The maximum absolute atomic E-state index is 11.0. The van der Waals surface area contributed by atoms with E-state index in [1.54, 1.807) is 25.1 Å². The fraction of sp³-hybridized carbons (Fsp3) is 0.286. The Morgan fingerprint density at radius 3 is 2.75 bits per heavy atom. The fourth-order valence-corrected chi connectivity index (χ4v) is 1.24. The van der Waals surface area contributed by atoms with Crippen LogP contribution >= 0.6 is 0 Å². The molecule has 0 aliphatic heterocycles. The second-order valence-electron chi connectivity index (χ2n) is 2.22. The van der Waals surface area contributed by atoms with Gasteiger partial charge in [0.15, 0.2) is 0 Å². The van der Waals surface area contributed by atoms with Gasteiger partial charge in [0.1, 0.15) is 5.82 Å². The van der Waals surface area contributed by atoms with Crippen molar-refractivity contribution in [3.05, 3.63) is 24.4 Å². The predicted molar refractivity (Wildman–Crippen MR) is 47.3 cm³/mol. The first-order valence-electron chi connectivity index (χ1n) is 3.55. The quantitative estimate of drug-likeness (QED) is 0.761. The molecule has 1 aromatic rings. The van der Waals surface area contributed by atoms with Crippen LogP contribution in [0, 0.1) is 0 Å². The zero-order valence-corrected chi connectivity index (χ0v) is 7.50. The highest BCUT2D eigenvalue weighted by Crippen LogP contribution is 2.02. The Bertz CT molecular complexity index is 334. The number of rotatable bonds is 3. The van der Waals surface area contributed by atoms with E-state index >= 15 is 0 Å². The average molecular weight is 186 g/mol. The lowest BCUT2D eigenvalue weighted by Gasteiger charge is -2.02. The maximum atomic E-state index is 11.0. The molecule has 0 saturated carbocycles. The molecule has 1 rings (SSSR count). The minimum atomic E-state index is -3.19. The molecule has 0 aliphatic carbocycles. The second-order valence-corrected chi connectivity index (χ2v) is 4.23. The molecule has 1 heterocycles. The minimum Gasteiger partial charge on any atom is -0.267 e. The van der Waals surface area contributed by atoms with Crippen LogP contribution < -0.4 is 4.72 Å². The third kappa shape index (κ3) is 2.50. The summed E-state index contributed by atoms with van der Waals surface area (Å²) in [5.41, 5.74) is 0. The van der Waals surface area contributed by atoms with Crippen LogP contribution in [-0.4, -0.2) is 19.2 Å². The van der Waals surface area contributed by atoms with E-state index in [0.717, 1.165) is 0 Å². The van der Waals surface area contributed by atoms with Crippen molar-refractivity contribution in [2.45, 2.75) is 6.92 Å². The molecule has 0 unspecified atom stereocenters. The van der Waals surface area contributed by atoms with Crippen LogP contribution in [0.4, 0.5) is 5.82 Å². The largest absolute Gasteiger partial charge is 0.267 e. The summed E-state index contributed by atoms with van der Waals surface area (Å²) >= 11 is 0. The average Bonchev–Trinajstić information content (AvgIpc) is 2.06. The lowest BCUT2D eigenvalue weighted by atomic mass is 10.5. The Hall–Kier alpha value is -1.10. The first kappa shape index (κ1) is 8.99. The highest BCUT2D eigenvalue weighted by molar-refractivity contribution is 7.92. The van der Waals surface area contributed by atoms with Gasteiger partial charge in [-0.25, -0.2) is 13.4 Å². The number of hydrogen-bond donors (Lipinski definition) is 1. The lowest BCUT2D eigenvalue weighted by molar-refractivity contribution is 0.602. The molecular formula is C7H10N2O2S. The second kappa shape index (κ2) is 3.53. The van der Waals surface area contributed by atoms with E-state index in [2.05, 4.69) is 9.71 Å². The summed E-state index contributed by atoms with van der Waals surface area (Å²) in [6, 6.07) is 5.05. The van der Waals surface area contributed by atoms with Crippen LogP contribution in [0.25, 0.3) is 0 Å². The lowest BCUT2D eigenvalue weighted by Crippen LogP contribution is -2.15. The smallest absolute Gasteiger partial charge is 0.233 e. The van der Waals surface area contributed by atoms with Gasteiger partial charge < -0.3 is 0 Å². The molecule has 0 radical (unpaired) electrons. The van der Waals surface area contributed by atoms with Crippen molar-refractivity contribution in [1.82, 2.24) is 4.98 Å². The minimum absolute atomic E-state index is 0.0591. The van der Waals surface area contributed by atoms with Crippen molar-refractivity contribution < 1.29 is 8.42 Å². The van der Waals surface area contributed by atoms with Gasteiger partial charge in [-0.2, -0.15) is 0 Å². The molecule has 0 aliphatic rings. The maximum Gasteiger partial charge on any atom is 0.233 e. The van der Waals surface area contributed by atoms with Crippen LogP contribution in [0.1, 0.15) is 6.92 Å². The molecule has 0 bridgehead atoms. The topological polar surface area (TPSA) is 59.1 Å². The number of aromatic nitrogens is 1. The fourth-order valence-electron chi connectivity index (χ4n) is 0.655. The van der Waals surface area contributed by atoms with Gasteiger partial charge in [-0.3, -0.25) is 4.72 Å². The Morgan fingerprint density at radius 2 is 2.25 bits per heavy atom. The normalized spacial score (nSPS) is 11.1. The summed E-state index contributed by atoms with van der Waals surface area (Å²) in [5, 5.41) is 0. The van der Waals surface area contributed by atoms with E-state index in [0.29, 0.717) is 5.82 Å². The van der Waals surface area contributed by atoms with Gasteiger partial charge in [0.2, 0.25) is 10.0 Å². The Kier molecular flexibility index (Phi) is 2.65. The van der Waals surface area contributed by atoms with Gasteiger partial charge in [0.25, 0.3) is 0 Å². The summed E-state index contributed by atoms with van der Waals surface area (Å²) < 4.78 is 24.4. The zero-order chi connectivity index (χ0) is 9.03. The summed E-state index contributed by atoms with van der Waals surface area (Å²) in [6.07, 6.45) is 1.54. The molecule has 12 heavy (non-hydrogen) atoms. The highest BCUT2D eigenvalue weighted by Gasteiger charge is 2.05. The van der Waals surface area contributed by atoms with Crippen molar-refractivity contribution in [2.75, 3.05) is 10.5 Å². The molecule has 0 saturated heterocycles. The van der Waals surface area contributed by atoms with E-state index in [1.807, 2.05) is 0 Å². The van der Waals surface area contributed by atoms with Crippen molar-refractivity contribution in [2.24, 2.45) is 0 Å². The summed E-state index contributed by atoms with van der Waals surface area (Å²) in [4.78, 5) is 3.82. The third-order valence-corrected chi connectivity index (χ3v) is 2.59. The molecule has 5 heteroatoms. The van der Waals surface area contributed by atoms with E-state index in [1.165, 1.54) is 6.20 Å². The van der Waals surface area contributed by atoms with Crippen LogP contribution in [-0.2, 0) is 10.0 Å². The SMILES string of the molecule is CCS(=O)(=O)Nc1ccccn1. The highest BCUT2D eigenvalue weighted by atomic mass is 32.2. The molecule has 4 nitrogen and oxygen atoms in total. The van der Waals surface area contributed by atoms with Crippen molar-refractivity contribution in [3.8, 4) is 0 Å². The van der Waals surface area contributed by atoms with Gasteiger partial charge in [0, 0.05) is 6.20 Å². The Labute approximate surface area is 71.7 Å². The van der Waals surface area contributed by atoms with Gasteiger partial charge in [-0.15, -0.1) is 0 Å². The third-order valence-electron chi connectivity index (χ3n) is 1.31. The Morgan fingerprint density at radius 1 is 1.50 bits per heavy atom. The van der Waals surface area contributed by atoms with E-state index in [9.17, 15) is 8.42 Å². The van der Waals surface area contributed by atoms with Crippen molar-refractivity contribution in [1.29, 1.82) is 0 Å². The van der Waals surface area contributed by atoms with Gasteiger partial charge in [-0.05, 0) is 19.1 Å². The molecule has 1 N–H and O–H groups in total. The predicted octanol–water partition coefficient (Wildman–Crippen LogP) is 0.843. The summed E-state index contributed by atoms with van der Waals surface area (Å²) in [7, 11) is -3.19. The van der Waals surface area contributed by atoms with E-state index in [4.69, 9.17) is 0 Å². The molecule has 0 fully saturated rings. The van der Waals surface area contributed by atoms with Crippen LogP contribution in [0.15, 0.2) is 24.4 Å². The molecule has 0 amide bonds. The summed E-state index contributed by atoms with van der Waals surface area (Å²) in [6.45, 7) is 1.57. The molecular weight excluding hydrogens is 176 g/mol. The monoisotopic (exact) mass is 186 g/mol. The number of sulfonamides is 1. The van der Waals surface area contributed by atoms with Crippen LogP contribution in [0.2, 0.25) is 0 Å². The molecule has 0 atom stereocenters.